The van der Waals surface area contributed by atoms with E-state index in [1.165, 1.54) is 11.3 Å². The van der Waals surface area contributed by atoms with Gasteiger partial charge in [0.05, 0.1) is 5.39 Å². The zero-order valence-electron chi connectivity index (χ0n) is 9.02. The molecule has 0 aliphatic carbocycles. The lowest BCUT2D eigenvalue weighted by Crippen LogP contribution is -2.10. The van der Waals surface area contributed by atoms with E-state index in [9.17, 15) is 13.2 Å². The second-order valence-electron chi connectivity index (χ2n) is 3.51. The summed E-state index contributed by atoms with van der Waals surface area (Å²) in [6.45, 7) is 3.76. The minimum atomic E-state index is -4.57. The summed E-state index contributed by atoms with van der Waals surface area (Å²) in [4.78, 5) is 8.09. The summed E-state index contributed by atoms with van der Waals surface area (Å²) < 4.78 is 37.5. The quantitative estimate of drug-likeness (QED) is 0.731. The highest BCUT2D eigenvalue weighted by Gasteiger charge is 2.36. The topological polar surface area (TPSA) is 25.8 Å². The van der Waals surface area contributed by atoms with Gasteiger partial charge in [0.2, 0.25) is 5.82 Å². The Morgan fingerprint density at radius 1 is 1.29 bits per heavy atom. The lowest BCUT2D eigenvalue weighted by Gasteiger charge is -2.05. The van der Waals surface area contributed by atoms with Gasteiger partial charge in [-0.2, -0.15) is 13.2 Å². The highest BCUT2D eigenvalue weighted by Crippen LogP contribution is 2.36. The summed E-state index contributed by atoms with van der Waals surface area (Å²) in [6.07, 6.45) is -3.87. The SMILES string of the molecule is CCc1c(C)sc2nc(C(F)(F)F)nc(Cl)c12. The number of alkyl halides is 3. The van der Waals surface area contributed by atoms with E-state index >= 15 is 0 Å². The number of rotatable bonds is 1. The number of fused-ring (bicyclic) bond motifs is 1. The van der Waals surface area contributed by atoms with Crippen molar-refractivity contribution in [2.45, 2.75) is 26.4 Å². The van der Waals surface area contributed by atoms with Crippen LogP contribution in [0.3, 0.4) is 0 Å². The van der Waals surface area contributed by atoms with E-state index in [0.29, 0.717) is 16.6 Å². The van der Waals surface area contributed by atoms with Crippen LogP contribution < -0.4 is 0 Å². The Kier molecular flexibility index (Phi) is 3.03. The number of nitrogens with zero attached hydrogens (tertiary/aromatic N) is 2. The highest BCUT2D eigenvalue weighted by atomic mass is 35.5. The molecule has 0 amide bonds. The Morgan fingerprint density at radius 2 is 1.94 bits per heavy atom. The van der Waals surface area contributed by atoms with Crippen LogP contribution in [0.15, 0.2) is 0 Å². The van der Waals surface area contributed by atoms with Crippen molar-refractivity contribution in [2.75, 3.05) is 0 Å². The number of aryl methyl sites for hydroxylation is 2. The Hall–Kier alpha value is -0.880. The van der Waals surface area contributed by atoms with Gasteiger partial charge < -0.3 is 0 Å². The van der Waals surface area contributed by atoms with Crippen molar-refractivity contribution in [1.29, 1.82) is 0 Å². The van der Waals surface area contributed by atoms with Gasteiger partial charge in [0, 0.05) is 4.88 Å². The summed E-state index contributed by atoms with van der Waals surface area (Å²) >= 11 is 7.03. The zero-order chi connectivity index (χ0) is 12.8. The first-order valence-corrected chi connectivity index (χ1v) is 6.06. The van der Waals surface area contributed by atoms with Crippen molar-refractivity contribution in [2.24, 2.45) is 0 Å². The molecule has 2 aromatic heterocycles. The fourth-order valence-electron chi connectivity index (χ4n) is 1.68. The molecule has 2 aromatic rings. The fraction of sp³-hybridized carbons (Fsp3) is 0.400. The third kappa shape index (κ3) is 2.11. The molecule has 17 heavy (non-hydrogen) atoms. The van der Waals surface area contributed by atoms with E-state index < -0.39 is 12.0 Å². The molecule has 0 aliphatic heterocycles. The Bertz CT molecular complexity index is 577. The lowest BCUT2D eigenvalue weighted by atomic mass is 10.1. The van der Waals surface area contributed by atoms with E-state index in [2.05, 4.69) is 9.97 Å². The van der Waals surface area contributed by atoms with E-state index in [1.807, 2.05) is 13.8 Å². The molecule has 7 heteroatoms. The number of halogens is 4. The second-order valence-corrected chi connectivity index (χ2v) is 5.07. The van der Waals surface area contributed by atoms with Crippen molar-refractivity contribution in [3.63, 3.8) is 0 Å². The van der Waals surface area contributed by atoms with Gasteiger partial charge in [-0.15, -0.1) is 11.3 Å². The van der Waals surface area contributed by atoms with Crippen LogP contribution >= 0.6 is 22.9 Å². The number of thiophene rings is 1. The molecule has 0 aromatic carbocycles. The van der Waals surface area contributed by atoms with Crippen LogP contribution in [-0.4, -0.2) is 9.97 Å². The predicted octanol–water partition coefficient (Wildman–Crippen LogP) is 4.23. The lowest BCUT2D eigenvalue weighted by molar-refractivity contribution is -0.144. The molecular weight excluding hydrogens is 273 g/mol. The van der Waals surface area contributed by atoms with Crippen LogP contribution in [0.1, 0.15) is 23.2 Å². The molecule has 92 valence electrons. The average molecular weight is 281 g/mol. The van der Waals surface area contributed by atoms with Crippen LogP contribution in [0.5, 0.6) is 0 Å². The average Bonchev–Trinajstić information content (AvgIpc) is 2.52. The Balaban J connectivity index is 2.77. The molecule has 0 fully saturated rings. The van der Waals surface area contributed by atoms with E-state index in [4.69, 9.17) is 11.6 Å². The summed E-state index contributed by atoms with van der Waals surface area (Å²) in [5.74, 6) is -1.18. The molecule has 0 atom stereocenters. The smallest absolute Gasteiger partial charge is 0.213 e. The van der Waals surface area contributed by atoms with Crippen LogP contribution in [0.2, 0.25) is 5.15 Å². The Morgan fingerprint density at radius 3 is 2.47 bits per heavy atom. The maximum atomic E-state index is 12.5. The van der Waals surface area contributed by atoms with Gasteiger partial charge in [0.1, 0.15) is 9.98 Å². The molecule has 0 bridgehead atoms. The third-order valence-electron chi connectivity index (χ3n) is 2.42. The third-order valence-corrected chi connectivity index (χ3v) is 3.73. The second kappa shape index (κ2) is 4.10. The maximum Gasteiger partial charge on any atom is 0.451 e. The van der Waals surface area contributed by atoms with Crippen LogP contribution in [-0.2, 0) is 12.6 Å². The molecule has 0 aliphatic rings. The van der Waals surface area contributed by atoms with Gasteiger partial charge in [0.15, 0.2) is 0 Å². The fourth-order valence-corrected chi connectivity index (χ4v) is 3.13. The zero-order valence-corrected chi connectivity index (χ0v) is 10.6. The van der Waals surface area contributed by atoms with Crippen molar-refractivity contribution < 1.29 is 13.2 Å². The van der Waals surface area contributed by atoms with Gasteiger partial charge in [0.25, 0.3) is 0 Å². The van der Waals surface area contributed by atoms with Crippen LogP contribution in [0.25, 0.3) is 10.2 Å². The summed E-state index contributed by atoms with van der Waals surface area (Å²) in [5.41, 5.74) is 0.920. The van der Waals surface area contributed by atoms with Crippen molar-refractivity contribution in [3.8, 4) is 0 Å². The first-order chi connectivity index (χ1) is 7.84. The van der Waals surface area contributed by atoms with Gasteiger partial charge >= 0.3 is 6.18 Å². The molecule has 0 N–H and O–H groups in total. The monoisotopic (exact) mass is 280 g/mol. The maximum absolute atomic E-state index is 12.5. The Labute approximate surface area is 104 Å². The van der Waals surface area contributed by atoms with Crippen LogP contribution in [0.4, 0.5) is 13.2 Å². The van der Waals surface area contributed by atoms with E-state index in [1.54, 1.807) is 0 Å². The molecule has 0 spiro atoms. The summed E-state index contributed by atoms with van der Waals surface area (Å²) in [7, 11) is 0. The van der Waals surface area contributed by atoms with Gasteiger partial charge in [-0.25, -0.2) is 9.97 Å². The summed E-state index contributed by atoms with van der Waals surface area (Å²) in [5, 5.41) is 0.424. The van der Waals surface area contributed by atoms with E-state index in [0.717, 1.165) is 10.4 Å². The molecule has 2 rings (SSSR count). The van der Waals surface area contributed by atoms with Crippen molar-refractivity contribution >= 4 is 33.2 Å². The minimum absolute atomic E-state index is 0.122. The molecule has 2 heterocycles. The van der Waals surface area contributed by atoms with Gasteiger partial charge in [-0.1, -0.05) is 18.5 Å². The molecule has 0 unspecified atom stereocenters. The number of aromatic nitrogens is 2. The number of hydrogen-bond acceptors (Lipinski definition) is 3. The number of hydrogen-bond donors (Lipinski definition) is 0. The normalized spacial score (nSPS) is 12.4. The first kappa shape index (κ1) is 12.6. The standard InChI is InChI=1S/C10H8ClF3N2S/c1-3-5-4(2)17-8-6(5)7(11)15-9(16-8)10(12,13)14/h3H2,1-2H3. The molecule has 0 radical (unpaired) electrons. The summed E-state index contributed by atoms with van der Waals surface area (Å²) in [6, 6.07) is 0. The predicted molar refractivity (Wildman–Crippen MR) is 61.5 cm³/mol. The van der Waals surface area contributed by atoms with Crippen LogP contribution in [0, 0.1) is 6.92 Å². The molecule has 0 saturated heterocycles. The van der Waals surface area contributed by atoms with Gasteiger partial charge in [-0.05, 0) is 18.9 Å². The largest absolute Gasteiger partial charge is 0.451 e. The van der Waals surface area contributed by atoms with Gasteiger partial charge in [-0.3, -0.25) is 0 Å². The molecule has 0 saturated carbocycles. The minimum Gasteiger partial charge on any atom is -0.213 e. The molecule has 2 nitrogen and oxygen atoms in total. The van der Waals surface area contributed by atoms with E-state index in [-0.39, 0.29) is 5.15 Å². The molecular formula is C10H8ClF3N2S. The first-order valence-electron chi connectivity index (χ1n) is 4.87. The van der Waals surface area contributed by atoms with Crippen molar-refractivity contribution in [3.05, 3.63) is 21.4 Å². The highest BCUT2D eigenvalue weighted by molar-refractivity contribution is 7.18. The van der Waals surface area contributed by atoms with Crippen molar-refractivity contribution in [1.82, 2.24) is 9.97 Å².